The summed E-state index contributed by atoms with van der Waals surface area (Å²) >= 11 is 13.8. The van der Waals surface area contributed by atoms with Gasteiger partial charge in [-0.3, -0.25) is 4.79 Å². The number of piperazine rings is 1. The standard InChI is InChI=1S/C22H23Cl2N3OS.ClH.H2O/c1-25-8-10-26(11-9-25)20-5-3-2-4-16(20)14-21-22(28)27(12-13-29-21)17-6-7-18(23)19(24)15-17;;/h2-7,14-15H,8-13H2,1H3;1H;1H2. The third-order valence-electron chi connectivity index (χ3n) is 5.31. The van der Waals surface area contributed by atoms with E-state index in [4.69, 9.17) is 23.2 Å². The minimum Gasteiger partial charge on any atom is -0.412 e. The third-order valence-corrected chi connectivity index (χ3v) is 7.04. The Morgan fingerprint density at radius 1 is 0.968 bits per heavy atom. The van der Waals surface area contributed by atoms with Crippen molar-refractivity contribution in [3.63, 3.8) is 0 Å². The highest BCUT2D eigenvalue weighted by Crippen LogP contribution is 2.34. The molecular weight excluding hydrogens is 477 g/mol. The lowest BCUT2D eigenvalue weighted by atomic mass is 10.1. The van der Waals surface area contributed by atoms with Crippen LogP contribution in [-0.4, -0.2) is 61.8 Å². The molecule has 2 heterocycles. The maximum absolute atomic E-state index is 13.2. The topological polar surface area (TPSA) is 58.3 Å². The summed E-state index contributed by atoms with van der Waals surface area (Å²) in [7, 11) is 2.15. The van der Waals surface area contributed by atoms with Gasteiger partial charge in [-0.2, -0.15) is 0 Å². The van der Waals surface area contributed by atoms with E-state index in [2.05, 4.69) is 35.0 Å². The van der Waals surface area contributed by atoms with Gasteiger partial charge in [0.25, 0.3) is 5.91 Å². The van der Waals surface area contributed by atoms with Crippen LogP contribution in [0, 0.1) is 0 Å². The zero-order valence-corrected chi connectivity index (χ0v) is 20.3. The number of carbonyl (C=O) groups excluding carboxylic acids is 1. The van der Waals surface area contributed by atoms with Gasteiger partial charge in [0.15, 0.2) is 0 Å². The summed E-state index contributed by atoms with van der Waals surface area (Å²) in [6.07, 6.45) is 2.03. The van der Waals surface area contributed by atoms with Crippen LogP contribution in [0.4, 0.5) is 11.4 Å². The summed E-state index contributed by atoms with van der Waals surface area (Å²) < 4.78 is 0. The van der Waals surface area contributed by atoms with Crippen LogP contribution in [0.3, 0.4) is 0 Å². The summed E-state index contributed by atoms with van der Waals surface area (Å²) in [6.45, 7) is 4.73. The van der Waals surface area contributed by atoms with Crippen LogP contribution in [0.2, 0.25) is 10.0 Å². The van der Waals surface area contributed by atoms with Crippen LogP contribution < -0.4 is 9.80 Å². The van der Waals surface area contributed by atoms with Crippen LogP contribution in [0.5, 0.6) is 0 Å². The Bertz CT molecular complexity index is 949. The van der Waals surface area contributed by atoms with Crippen molar-refractivity contribution in [3.05, 3.63) is 63.0 Å². The van der Waals surface area contributed by atoms with Crippen LogP contribution in [0.25, 0.3) is 6.08 Å². The van der Waals surface area contributed by atoms with Gasteiger partial charge in [-0.1, -0.05) is 41.4 Å². The van der Waals surface area contributed by atoms with Crippen molar-refractivity contribution >= 4 is 70.7 Å². The SMILES string of the molecule is CN1CCN(c2ccccc2C=C2SCCN(c3ccc(Cl)c(Cl)c3)C2=O)CC1.Cl.O. The van der Waals surface area contributed by atoms with Gasteiger partial charge < -0.3 is 20.2 Å². The second-order valence-corrected chi connectivity index (χ2v) is 9.21. The molecule has 4 rings (SSSR count). The Kier molecular flexibility index (Phi) is 9.55. The van der Waals surface area contributed by atoms with Gasteiger partial charge in [0.05, 0.1) is 15.0 Å². The quantitative estimate of drug-likeness (QED) is 0.581. The molecule has 2 saturated heterocycles. The molecule has 9 heteroatoms. The molecule has 0 saturated carbocycles. The molecule has 0 aliphatic carbocycles. The van der Waals surface area contributed by atoms with Crippen molar-refractivity contribution in [2.24, 2.45) is 0 Å². The number of nitrogens with zero attached hydrogens (tertiary/aromatic N) is 3. The first kappa shape index (κ1) is 25.8. The smallest absolute Gasteiger partial charge is 0.264 e. The molecule has 2 aromatic rings. The molecule has 0 aromatic heterocycles. The Balaban J connectivity index is 0.00000171. The van der Waals surface area contributed by atoms with E-state index in [9.17, 15) is 4.79 Å². The fraction of sp³-hybridized carbons (Fsp3) is 0.318. The second-order valence-electron chi connectivity index (χ2n) is 7.26. The summed E-state index contributed by atoms with van der Waals surface area (Å²) in [5.74, 6) is 0.849. The fourth-order valence-electron chi connectivity index (χ4n) is 3.63. The molecule has 168 valence electrons. The monoisotopic (exact) mass is 501 g/mol. The number of amides is 1. The molecule has 2 N–H and O–H groups in total. The number of hydrogen-bond acceptors (Lipinski definition) is 4. The van der Waals surface area contributed by atoms with Crippen molar-refractivity contribution in [1.82, 2.24) is 4.90 Å². The first-order valence-corrected chi connectivity index (χ1v) is 11.4. The normalized spacial score (nSPS) is 18.5. The average Bonchev–Trinajstić information content (AvgIpc) is 2.73. The van der Waals surface area contributed by atoms with Crippen LogP contribution in [0.15, 0.2) is 47.4 Å². The molecular formula is C22H26Cl3N3O2S. The molecule has 1 amide bonds. The lowest BCUT2D eigenvalue weighted by Gasteiger charge is -2.35. The maximum atomic E-state index is 13.2. The number of hydrogen-bond donors (Lipinski definition) is 0. The predicted octanol–water partition coefficient (Wildman–Crippen LogP) is 4.46. The highest BCUT2D eigenvalue weighted by atomic mass is 35.5. The van der Waals surface area contributed by atoms with E-state index in [-0.39, 0.29) is 23.8 Å². The fourth-order valence-corrected chi connectivity index (χ4v) is 4.86. The highest BCUT2D eigenvalue weighted by molar-refractivity contribution is 8.04. The lowest BCUT2D eigenvalue weighted by Crippen LogP contribution is -2.44. The molecule has 5 nitrogen and oxygen atoms in total. The first-order chi connectivity index (χ1) is 14.0. The van der Waals surface area contributed by atoms with Crippen LogP contribution in [0.1, 0.15) is 5.56 Å². The van der Waals surface area contributed by atoms with Gasteiger partial charge >= 0.3 is 0 Å². The molecule has 2 aliphatic heterocycles. The molecule has 0 unspecified atom stereocenters. The minimum atomic E-state index is 0. The molecule has 0 radical (unpaired) electrons. The van der Waals surface area contributed by atoms with Gasteiger partial charge in [-0.15, -0.1) is 24.2 Å². The Hall–Kier alpha value is -1.41. The summed E-state index contributed by atoms with van der Waals surface area (Å²) in [5, 5.41) is 0.951. The first-order valence-electron chi connectivity index (χ1n) is 9.67. The number of carbonyl (C=O) groups is 1. The van der Waals surface area contributed by atoms with E-state index in [0.29, 0.717) is 16.6 Å². The predicted molar refractivity (Wildman–Crippen MR) is 136 cm³/mol. The number of benzene rings is 2. The molecule has 2 aliphatic rings. The molecule has 0 spiro atoms. The molecule has 2 fully saturated rings. The van der Waals surface area contributed by atoms with Crippen LogP contribution >= 0.6 is 47.4 Å². The van der Waals surface area contributed by atoms with Crippen molar-refractivity contribution in [1.29, 1.82) is 0 Å². The van der Waals surface area contributed by atoms with E-state index in [0.717, 1.165) is 48.1 Å². The van der Waals surface area contributed by atoms with Crippen molar-refractivity contribution < 1.29 is 10.3 Å². The Morgan fingerprint density at radius 2 is 1.68 bits per heavy atom. The van der Waals surface area contributed by atoms with E-state index < -0.39 is 0 Å². The number of thioether (sulfide) groups is 1. The lowest BCUT2D eigenvalue weighted by molar-refractivity contribution is -0.114. The maximum Gasteiger partial charge on any atom is 0.264 e. The zero-order valence-electron chi connectivity index (χ0n) is 17.2. The van der Waals surface area contributed by atoms with E-state index in [1.165, 1.54) is 5.69 Å². The number of para-hydroxylation sites is 1. The summed E-state index contributed by atoms with van der Waals surface area (Å²) in [4.78, 5) is 20.5. The molecule has 0 bridgehead atoms. The number of halogens is 3. The molecule has 31 heavy (non-hydrogen) atoms. The van der Waals surface area contributed by atoms with E-state index >= 15 is 0 Å². The third kappa shape index (κ3) is 5.89. The number of rotatable bonds is 3. The van der Waals surface area contributed by atoms with E-state index in [1.807, 2.05) is 18.2 Å². The van der Waals surface area contributed by atoms with Crippen molar-refractivity contribution in [2.45, 2.75) is 0 Å². The molecule has 0 atom stereocenters. The van der Waals surface area contributed by atoms with Gasteiger partial charge in [0, 0.05) is 49.9 Å². The molecule has 2 aromatic carbocycles. The van der Waals surface area contributed by atoms with Gasteiger partial charge in [-0.05, 0) is 43.0 Å². The minimum absolute atomic E-state index is 0. The van der Waals surface area contributed by atoms with Gasteiger partial charge in [0.1, 0.15) is 0 Å². The van der Waals surface area contributed by atoms with Gasteiger partial charge in [-0.25, -0.2) is 0 Å². The van der Waals surface area contributed by atoms with Crippen molar-refractivity contribution in [3.8, 4) is 0 Å². The highest BCUT2D eigenvalue weighted by Gasteiger charge is 2.26. The van der Waals surface area contributed by atoms with Crippen molar-refractivity contribution in [2.75, 3.05) is 55.3 Å². The van der Waals surface area contributed by atoms with E-state index in [1.54, 1.807) is 28.8 Å². The summed E-state index contributed by atoms with van der Waals surface area (Å²) in [6, 6.07) is 13.7. The Labute approximate surface area is 203 Å². The van der Waals surface area contributed by atoms with Crippen LogP contribution in [-0.2, 0) is 4.79 Å². The summed E-state index contributed by atoms with van der Waals surface area (Å²) in [5.41, 5.74) is 3.06. The zero-order chi connectivity index (χ0) is 20.4. The largest absolute Gasteiger partial charge is 0.412 e. The second kappa shape index (κ2) is 11.5. The number of anilines is 2. The van der Waals surface area contributed by atoms with Gasteiger partial charge in [0.2, 0.25) is 0 Å². The Morgan fingerprint density at radius 3 is 2.39 bits per heavy atom. The number of likely N-dealkylation sites (N-methyl/N-ethyl adjacent to an activating group) is 1. The average molecular weight is 503 g/mol.